The van der Waals surface area contributed by atoms with Crippen LogP contribution in [0.15, 0.2) is 352 Å². The molecule has 5 heterocycles. The number of fused-ring (bicyclic) bond motifs is 10. The Morgan fingerprint density at radius 2 is 0.439 bits per heavy atom. The predicted molar refractivity (Wildman–Crippen MR) is 398 cm³/mol. The van der Waals surface area contributed by atoms with Crippen molar-refractivity contribution in [2.45, 2.75) is 0 Å². The Labute approximate surface area is 566 Å². The molecule has 0 unspecified atom stereocenters. The minimum atomic E-state index is 0.647. The Morgan fingerprint density at radius 3 is 0.663 bits per heavy atom. The van der Waals surface area contributed by atoms with Crippen LogP contribution in [-0.4, -0.2) is 19.9 Å². The van der Waals surface area contributed by atoms with Gasteiger partial charge in [0.05, 0.1) is 33.8 Å². The maximum atomic E-state index is 7.27. The van der Waals surface area contributed by atoms with Crippen molar-refractivity contribution in [2.75, 3.05) is 29.4 Å². The van der Waals surface area contributed by atoms with Crippen LogP contribution < -0.4 is 38.9 Å². The average molecular weight is 1260 g/mol. The first-order chi connectivity index (χ1) is 48.6. The smallest absolute Gasteiger partial charge is 0.153 e. The lowest BCUT2D eigenvalue weighted by molar-refractivity contribution is 0.477. The molecule has 0 N–H and O–H groups in total. The molecule has 0 aliphatic carbocycles. The lowest BCUT2D eigenvalue weighted by Crippen LogP contribution is -2.19. The van der Waals surface area contributed by atoms with Crippen LogP contribution >= 0.6 is 0 Å². The molecule has 2 aliphatic heterocycles. The Morgan fingerprint density at radius 1 is 0.214 bits per heavy atom. The number of hydrogen-bond acceptors (Lipinski definition) is 12. The molecule has 3 aromatic heterocycles. The van der Waals surface area contributed by atoms with Crippen molar-refractivity contribution in [1.82, 2.24) is 19.9 Å². The van der Waals surface area contributed by atoms with E-state index < -0.39 is 0 Å². The summed E-state index contributed by atoms with van der Waals surface area (Å²) < 4.78 is 14.5. The van der Waals surface area contributed by atoms with E-state index in [0.29, 0.717) is 45.7 Å². The van der Waals surface area contributed by atoms with Crippen molar-refractivity contribution in [3.63, 3.8) is 0 Å². The number of ether oxygens (including phenoxy) is 2. The highest BCUT2D eigenvalue weighted by Crippen LogP contribution is 2.57. The number of rotatable bonds is 14. The van der Waals surface area contributed by atoms with Crippen molar-refractivity contribution in [3.8, 4) is 23.0 Å². The fourth-order valence-corrected chi connectivity index (χ4v) is 13.7. The Bertz CT molecular complexity index is 4840. The van der Waals surface area contributed by atoms with E-state index in [-0.39, 0.29) is 0 Å². The van der Waals surface area contributed by atoms with E-state index in [1.165, 1.54) is 0 Å². The van der Waals surface area contributed by atoms with E-state index in [1.54, 1.807) is 12.4 Å². The normalized spacial score (nSPS) is 12.0. The summed E-state index contributed by atoms with van der Waals surface area (Å²) in [6, 6.07) is 117. The SMILES string of the molecule is c1ccc(N(c2ccccc2)c2ccc3c(c2)Oc2cc(N(c4ccccc4)c4ccccc4)ccc2N3c2ccc3c4nccnc4c4ccc(N5c6ccc(N(c7ccccc7)c7ccccc7)cc6Oc6cc(N(c7ccccc7)c7ccccc7)ccc65)nc4c3n2)cc1. The highest BCUT2D eigenvalue weighted by molar-refractivity contribution is 6.21. The number of anilines is 18. The van der Waals surface area contributed by atoms with E-state index >= 15 is 0 Å². The zero-order valence-electron chi connectivity index (χ0n) is 52.8. The molecule has 0 radical (unpaired) electrons. The zero-order chi connectivity index (χ0) is 64.9. The molecule has 98 heavy (non-hydrogen) atoms. The van der Waals surface area contributed by atoms with E-state index in [2.05, 4.69) is 321 Å². The summed E-state index contributed by atoms with van der Waals surface area (Å²) in [5.41, 5.74) is 17.7. The molecular weight excluding hydrogens is 1210 g/mol. The summed E-state index contributed by atoms with van der Waals surface area (Å²) >= 11 is 0. The molecule has 12 heteroatoms. The maximum Gasteiger partial charge on any atom is 0.153 e. The second kappa shape index (κ2) is 24.4. The van der Waals surface area contributed by atoms with Crippen molar-refractivity contribution in [3.05, 3.63) is 352 Å². The van der Waals surface area contributed by atoms with Crippen LogP contribution in [-0.2, 0) is 0 Å². The van der Waals surface area contributed by atoms with E-state index in [0.717, 1.165) is 113 Å². The molecule has 464 valence electrons. The third-order valence-electron chi connectivity index (χ3n) is 18.0. The highest BCUT2D eigenvalue weighted by Gasteiger charge is 2.33. The molecule has 0 saturated carbocycles. The van der Waals surface area contributed by atoms with Crippen LogP contribution in [0.1, 0.15) is 0 Å². The van der Waals surface area contributed by atoms with Crippen molar-refractivity contribution in [2.24, 2.45) is 0 Å². The van der Waals surface area contributed by atoms with Gasteiger partial charge in [0.2, 0.25) is 0 Å². The number of hydrogen-bond donors (Lipinski definition) is 0. The minimum Gasteiger partial charge on any atom is -0.453 e. The highest BCUT2D eigenvalue weighted by atomic mass is 16.5. The summed E-state index contributed by atoms with van der Waals surface area (Å²) in [4.78, 5) is 35.0. The first-order valence-corrected chi connectivity index (χ1v) is 32.6. The first-order valence-electron chi connectivity index (χ1n) is 32.6. The molecule has 12 nitrogen and oxygen atoms in total. The number of para-hydroxylation sites is 8. The Balaban J connectivity index is 0.832. The monoisotopic (exact) mass is 1260 g/mol. The number of pyridine rings is 2. The quantitative estimate of drug-likeness (QED) is 0.0972. The summed E-state index contributed by atoms with van der Waals surface area (Å²) in [5, 5.41) is 1.61. The van der Waals surface area contributed by atoms with Crippen LogP contribution in [0.4, 0.5) is 103 Å². The van der Waals surface area contributed by atoms with Gasteiger partial charge >= 0.3 is 0 Å². The van der Waals surface area contributed by atoms with E-state index in [9.17, 15) is 0 Å². The third-order valence-corrected chi connectivity index (χ3v) is 18.0. The molecule has 0 saturated heterocycles. The van der Waals surface area contributed by atoms with E-state index in [1.807, 2.05) is 48.5 Å². The van der Waals surface area contributed by atoms with Crippen LogP contribution in [0.2, 0.25) is 0 Å². The lowest BCUT2D eigenvalue weighted by Gasteiger charge is -2.35. The molecule has 18 rings (SSSR count). The molecule has 2 aliphatic rings. The van der Waals surface area contributed by atoms with E-state index in [4.69, 9.17) is 29.4 Å². The van der Waals surface area contributed by atoms with Gasteiger partial charge in [0.1, 0.15) is 22.7 Å². The molecular formula is C86H58N10O2. The second-order valence-electron chi connectivity index (χ2n) is 23.9. The topological polar surface area (TPSA) is 89.5 Å². The summed E-state index contributed by atoms with van der Waals surface area (Å²) in [5.74, 6) is 3.89. The van der Waals surface area contributed by atoms with Crippen LogP contribution in [0.5, 0.6) is 23.0 Å². The molecule has 0 amide bonds. The number of aromatic nitrogens is 4. The third kappa shape index (κ3) is 10.2. The molecule has 0 bridgehead atoms. The number of nitrogens with zero attached hydrogens (tertiary/aromatic N) is 10. The standard InChI is InChI=1S/C86H58N10O2/c1-9-25-59(26-10-1)91(60-27-11-2-12-28-60)67-41-47-73-77(55-67)97-78-56-68(92(61-29-13-3-14-30-61)62-31-15-4-16-32-62)42-48-74(78)95(73)81-51-45-71-83-84(88-54-53-87-83)72-46-52-82(90-86(72)85(71)89-81)96-75-49-43-69(93(63-33-17-5-18-34-63)64-35-19-6-20-36-64)57-79(75)98-80-58-70(44-50-76(80)96)94(65-37-21-7-22-38-65)66-39-23-8-24-40-66/h1-58H. The zero-order valence-corrected chi connectivity index (χ0v) is 52.8. The fraction of sp³-hybridized carbons (Fsp3) is 0. The average Bonchev–Trinajstić information content (AvgIpc) is 0.728. The van der Waals surface area contributed by atoms with Crippen LogP contribution in [0.25, 0.3) is 32.8 Å². The summed E-state index contributed by atoms with van der Waals surface area (Å²) in [7, 11) is 0. The van der Waals surface area contributed by atoms with Gasteiger partial charge in [-0.05, 0) is 170 Å². The van der Waals surface area contributed by atoms with Gasteiger partial charge in [0.25, 0.3) is 0 Å². The van der Waals surface area contributed by atoms with Gasteiger partial charge in [0.15, 0.2) is 23.0 Å². The van der Waals surface area contributed by atoms with Gasteiger partial charge < -0.3 is 29.1 Å². The van der Waals surface area contributed by atoms with Gasteiger partial charge in [-0.3, -0.25) is 19.8 Å². The maximum absolute atomic E-state index is 7.27. The van der Waals surface area contributed by atoms with Gasteiger partial charge in [-0.15, -0.1) is 0 Å². The van der Waals surface area contributed by atoms with Crippen molar-refractivity contribution in [1.29, 1.82) is 0 Å². The second-order valence-corrected chi connectivity index (χ2v) is 23.9. The minimum absolute atomic E-state index is 0.647. The largest absolute Gasteiger partial charge is 0.453 e. The Kier molecular flexibility index (Phi) is 14.2. The predicted octanol–water partition coefficient (Wildman–Crippen LogP) is 23.8. The van der Waals surface area contributed by atoms with Crippen LogP contribution in [0, 0.1) is 0 Å². The fourth-order valence-electron chi connectivity index (χ4n) is 13.7. The van der Waals surface area contributed by atoms with Gasteiger partial charge in [-0.25, -0.2) is 9.97 Å². The van der Waals surface area contributed by atoms with Crippen molar-refractivity contribution < 1.29 is 9.47 Å². The first kappa shape index (κ1) is 57.1. The van der Waals surface area contributed by atoms with Gasteiger partial charge in [-0.2, -0.15) is 0 Å². The van der Waals surface area contributed by atoms with Gasteiger partial charge in [-0.1, -0.05) is 146 Å². The Hall–Kier alpha value is -13.6. The molecule has 16 aromatic rings. The van der Waals surface area contributed by atoms with Crippen LogP contribution in [0.3, 0.4) is 0 Å². The van der Waals surface area contributed by atoms with Crippen molar-refractivity contribution >= 4 is 135 Å². The molecule has 0 atom stereocenters. The lowest BCUT2D eigenvalue weighted by atomic mass is 10.1. The summed E-state index contributed by atoms with van der Waals surface area (Å²) in [6.45, 7) is 0. The molecule has 0 fully saturated rings. The number of benzene rings is 13. The summed E-state index contributed by atoms with van der Waals surface area (Å²) in [6.07, 6.45) is 3.49. The van der Waals surface area contributed by atoms with Gasteiger partial charge in [0, 0.05) is 116 Å². The molecule has 0 spiro atoms. The molecule has 13 aromatic carbocycles.